The van der Waals surface area contributed by atoms with Crippen LogP contribution < -0.4 is 0 Å². The van der Waals surface area contributed by atoms with Crippen LogP contribution in [0, 0.1) is 32.1 Å². The van der Waals surface area contributed by atoms with Gasteiger partial charge in [-0.15, -0.1) is 0 Å². The summed E-state index contributed by atoms with van der Waals surface area (Å²) in [4.78, 5) is 18.1. The zero-order valence-corrected chi connectivity index (χ0v) is 19.0. The Morgan fingerprint density at radius 1 is 1.00 bits per heavy atom. The first kappa shape index (κ1) is 20.9. The lowest BCUT2D eigenvalue weighted by Crippen LogP contribution is -2.29. The van der Waals surface area contributed by atoms with Gasteiger partial charge in [0, 0.05) is 22.6 Å². The van der Waals surface area contributed by atoms with Gasteiger partial charge in [0.1, 0.15) is 0 Å². The van der Waals surface area contributed by atoms with Crippen molar-refractivity contribution in [3.8, 4) is 5.69 Å². The SMILES string of the molecule is Cc1cc(C)cc(-n2c(C)cc3c2CC(C)(C)C/C3=N\OC(=O)C2CCCCC2)c1. The third-order valence-electron chi connectivity index (χ3n) is 6.54. The second kappa shape index (κ2) is 8.05. The Morgan fingerprint density at radius 2 is 1.67 bits per heavy atom. The fraction of sp³-hybridized carbons (Fsp3) is 0.538. The topological polar surface area (TPSA) is 43.6 Å². The smallest absolute Gasteiger partial charge is 0.318 e. The summed E-state index contributed by atoms with van der Waals surface area (Å²) < 4.78 is 2.36. The van der Waals surface area contributed by atoms with Crippen molar-refractivity contribution in [2.45, 2.75) is 79.6 Å². The molecule has 0 radical (unpaired) electrons. The molecule has 4 nitrogen and oxygen atoms in total. The van der Waals surface area contributed by atoms with Crippen molar-refractivity contribution >= 4 is 11.7 Å². The molecule has 1 aromatic carbocycles. The van der Waals surface area contributed by atoms with Crippen LogP contribution in [0.4, 0.5) is 0 Å². The van der Waals surface area contributed by atoms with Gasteiger partial charge >= 0.3 is 5.97 Å². The second-order valence-corrected chi connectivity index (χ2v) is 10.1. The normalized spacial score (nSPS) is 20.2. The number of oxime groups is 1. The molecule has 0 bridgehead atoms. The largest absolute Gasteiger partial charge is 0.338 e. The molecule has 1 saturated carbocycles. The summed E-state index contributed by atoms with van der Waals surface area (Å²) in [6.07, 6.45) is 7.11. The molecule has 1 fully saturated rings. The maximum atomic E-state index is 12.5. The quantitative estimate of drug-likeness (QED) is 0.450. The van der Waals surface area contributed by atoms with Gasteiger partial charge in [0.25, 0.3) is 0 Å². The highest BCUT2D eigenvalue weighted by Crippen LogP contribution is 2.38. The van der Waals surface area contributed by atoms with Gasteiger partial charge in [0.2, 0.25) is 0 Å². The predicted octanol–water partition coefficient (Wildman–Crippen LogP) is 6.20. The van der Waals surface area contributed by atoms with E-state index in [0.717, 1.165) is 49.8 Å². The van der Waals surface area contributed by atoms with Gasteiger partial charge in [-0.25, -0.2) is 4.79 Å². The molecule has 0 amide bonds. The zero-order chi connectivity index (χ0) is 21.5. The number of carbonyl (C=O) groups excluding carboxylic acids is 1. The van der Waals surface area contributed by atoms with Crippen LogP contribution in [-0.4, -0.2) is 16.2 Å². The Bertz CT molecular complexity index is 970. The molecule has 0 aliphatic heterocycles. The number of aromatic nitrogens is 1. The number of hydrogen-bond acceptors (Lipinski definition) is 3. The fourth-order valence-electron chi connectivity index (χ4n) is 5.21. The number of carbonyl (C=O) groups is 1. The standard InChI is InChI=1S/C26H34N2O2/c1-17-11-18(2)13-21(12-17)28-19(3)14-22-23(15-26(4,5)16-24(22)28)27-30-25(29)20-9-7-6-8-10-20/h11-14,20H,6-10,15-16H2,1-5H3/b27-23+. The highest BCUT2D eigenvalue weighted by molar-refractivity contribution is 6.03. The third-order valence-corrected chi connectivity index (χ3v) is 6.54. The van der Waals surface area contributed by atoms with E-state index in [1.54, 1.807) is 0 Å². The average molecular weight is 407 g/mol. The molecule has 2 aliphatic carbocycles. The number of fused-ring (bicyclic) bond motifs is 1. The molecule has 0 saturated heterocycles. The molecule has 4 rings (SSSR count). The Kier molecular flexibility index (Phi) is 5.61. The minimum atomic E-state index is -0.155. The second-order valence-electron chi connectivity index (χ2n) is 10.1. The van der Waals surface area contributed by atoms with E-state index in [1.165, 1.54) is 34.6 Å². The van der Waals surface area contributed by atoms with Gasteiger partial charge in [-0.2, -0.15) is 0 Å². The molecule has 0 unspecified atom stereocenters. The molecular formula is C26H34N2O2. The minimum Gasteiger partial charge on any atom is -0.318 e. The molecule has 2 aliphatic rings. The van der Waals surface area contributed by atoms with Crippen LogP contribution in [0.5, 0.6) is 0 Å². The molecule has 2 aromatic rings. The van der Waals surface area contributed by atoms with Crippen molar-refractivity contribution in [3.63, 3.8) is 0 Å². The van der Waals surface area contributed by atoms with Gasteiger partial charge in [-0.3, -0.25) is 0 Å². The monoisotopic (exact) mass is 406 g/mol. The number of nitrogens with zero attached hydrogens (tertiary/aromatic N) is 2. The predicted molar refractivity (Wildman–Crippen MR) is 121 cm³/mol. The molecule has 1 heterocycles. The number of hydrogen-bond donors (Lipinski definition) is 0. The lowest BCUT2D eigenvalue weighted by molar-refractivity contribution is -0.149. The van der Waals surface area contributed by atoms with Gasteiger partial charge in [0.15, 0.2) is 0 Å². The van der Waals surface area contributed by atoms with Crippen LogP contribution in [-0.2, 0) is 16.1 Å². The summed E-state index contributed by atoms with van der Waals surface area (Å²) in [5, 5.41) is 4.43. The summed E-state index contributed by atoms with van der Waals surface area (Å²) in [5.74, 6) is -0.140. The van der Waals surface area contributed by atoms with Crippen molar-refractivity contribution in [1.82, 2.24) is 4.57 Å². The molecule has 0 atom stereocenters. The third kappa shape index (κ3) is 4.23. The van der Waals surface area contributed by atoms with E-state index < -0.39 is 0 Å². The van der Waals surface area contributed by atoms with Crippen LogP contribution in [0.3, 0.4) is 0 Å². The fourth-order valence-corrected chi connectivity index (χ4v) is 5.21. The van der Waals surface area contributed by atoms with Gasteiger partial charge in [0.05, 0.1) is 11.6 Å². The molecule has 30 heavy (non-hydrogen) atoms. The van der Waals surface area contributed by atoms with Crippen LogP contribution >= 0.6 is 0 Å². The first-order valence-corrected chi connectivity index (χ1v) is 11.3. The van der Waals surface area contributed by atoms with Crippen molar-refractivity contribution in [2.24, 2.45) is 16.5 Å². The highest BCUT2D eigenvalue weighted by atomic mass is 16.7. The summed E-state index contributed by atoms with van der Waals surface area (Å²) in [6.45, 7) is 11.0. The van der Waals surface area contributed by atoms with Gasteiger partial charge < -0.3 is 9.40 Å². The lowest BCUT2D eigenvalue weighted by Gasteiger charge is -2.31. The Labute approximate surface area is 180 Å². The van der Waals surface area contributed by atoms with Crippen molar-refractivity contribution in [3.05, 3.63) is 52.3 Å². The summed E-state index contributed by atoms with van der Waals surface area (Å²) in [6, 6.07) is 8.88. The van der Waals surface area contributed by atoms with E-state index in [0.29, 0.717) is 0 Å². The Morgan fingerprint density at radius 3 is 2.33 bits per heavy atom. The number of aryl methyl sites for hydroxylation is 3. The van der Waals surface area contributed by atoms with Gasteiger partial charge in [-0.1, -0.05) is 44.3 Å². The first-order valence-electron chi connectivity index (χ1n) is 11.3. The average Bonchev–Trinajstić information content (AvgIpc) is 3.00. The maximum Gasteiger partial charge on any atom is 0.338 e. The maximum absolute atomic E-state index is 12.5. The van der Waals surface area contributed by atoms with Crippen molar-refractivity contribution in [1.29, 1.82) is 0 Å². The van der Waals surface area contributed by atoms with Crippen LogP contribution in [0.2, 0.25) is 0 Å². The number of benzene rings is 1. The minimum absolute atomic E-state index is 0.0146. The van der Waals surface area contributed by atoms with E-state index in [2.05, 4.69) is 68.6 Å². The highest BCUT2D eigenvalue weighted by Gasteiger charge is 2.34. The number of rotatable bonds is 3. The zero-order valence-electron chi connectivity index (χ0n) is 19.0. The summed E-state index contributed by atoms with van der Waals surface area (Å²) in [5.41, 5.74) is 8.26. The molecule has 160 valence electrons. The van der Waals surface area contributed by atoms with Crippen LogP contribution in [0.15, 0.2) is 29.4 Å². The molecule has 1 aromatic heterocycles. The van der Waals surface area contributed by atoms with E-state index >= 15 is 0 Å². The summed E-state index contributed by atoms with van der Waals surface area (Å²) in [7, 11) is 0. The first-order chi connectivity index (χ1) is 14.2. The van der Waals surface area contributed by atoms with E-state index in [1.807, 2.05) is 0 Å². The molecule has 0 N–H and O–H groups in total. The Hall–Kier alpha value is -2.36. The van der Waals surface area contributed by atoms with Crippen molar-refractivity contribution in [2.75, 3.05) is 0 Å². The van der Waals surface area contributed by atoms with E-state index in [9.17, 15) is 4.79 Å². The van der Waals surface area contributed by atoms with Crippen molar-refractivity contribution < 1.29 is 9.63 Å². The van der Waals surface area contributed by atoms with Gasteiger partial charge in [-0.05, 0) is 81.2 Å². The molecular weight excluding hydrogens is 372 g/mol. The van der Waals surface area contributed by atoms with Crippen LogP contribution in [0.1, 0.15) is 80.5 Å². The van der Waals surface area contributed by atoms with E-state index in [4.69, 9.17) is 4.84 Å². The molecule has 0 spiro atoms. The summed E-state index contributed by atoms with van der Waals surface area (Å²) >= 11 is 0. The van der Waals surface area contributed by atoms with E-state index in [-0.39, 0.29) is 17.3 Å². The Balaban J connectivity index is 1.70. The lowest BCUT2D eigenvalue weighted by atomic mass is 9.76. The van der Waals surface area contributed by atoms with Crippen LogP contribution in [0.25, 0.3) is 5.69 Å². The molecule has 4 heteroatoms.